The Labute approximate surface area is 183 Å². The van der Waals surface area contributed by atoms with Gasteiger partial charge in [0.1, 0.15) is 0 Å². The molecule has 31 heavy (non-hydrogen) atoms. The lowest BCUT2D eigenvalue weighted by molar-refractivity contribution is -0.126. The lowest BCUT2D eigenvalue weighted by atomic mass is 10.1. The van der Waals surface area contributed by atoms with Gasteiger partial charge >= 0.3 is 0 Å². The Morgan fingerprint density at radius 3 is 2.48 bits per heavy atom. The van der Waals surface area contributed by atoms with Gasteiger partial charge in [-0.1, -0.05) is 19.1 Å². The normalized spacial score (nSPS) is 19.6. The molecule has 1 N–H and O–H groups in total. The van der Waals surface area contributed by atoms with Crippen LogP contribution in [0.1, 0.15) is 18.9 Å². The van der Waals surface area contributed by atoms with Gasteiger partial charge in [-0.2, -0.15) is 0 Å². The van der Waals surface area contributed by atoms with Gasteiger partial charge in [-0.3, -0.25) is 14.5 Å². The smallest absolute Gasteiger partial charge is 0.227 e. The largest absolute Gasteiger partial charge is 0.355 e. The van der Waals surface area contributed by atoms with E-state index >= 15 is 0 Å². The Bertz CT molecular complexity index is 881. The highest BCUT2D eigenvalue weighted by Crippen LogP contribution is 2.25. The van der Waals surface area contributed by atoms with Crippen LogP contribution in [-0.2, 0) is 16.0 Å². The zero-order chi connectivity index (χ0) is 21.6. The molecule has 1 aromatic carbocycles. The third-order valence-corrected chi connectivity index (χ3v) is 6.09. The third-order valence-electron chi connectivity index (χ3n) is 6.09. The first-order chi connectivity index (χ1) is 15.1. The summed E-state index contributed by atoms with van der Waals surface area (Å²) >= 11 is 0. The fraction of sp³-hybridized carbons (Fsp3) is 0.478. The molecular formula is C23H30N6O2. The summed E-state index contributed by atoms with van der Waals surface area (Å²) in [6, 6.07) is 9.84. The molecule has 2 amide bonds. The van der Waals surface area contributed by atoms with Crippen molar-refractivity contribution in [1.82, 2.24) is 20.2 Å². The molecule has 0 aliphatic carbocycles. The fourth-order valence-corrected chi connectivity index (χ4v) is 4.15. The number of nitrogens with zero attached hydrogens (tertiary/aromatic N) is 5. The average molecular weight is 423 g/mol. The van der Waals surface area contributed by atoms with E-state index in [1.54, 1.807) is 17.3 Å². The predicted molar refractivity (Wildman–Crippen MR) is 120 cm³/mol. The van der Waals surface area contributed by atoms with Gasteiger partial charge in [0.2, 0.25) is 17.8 Å². The quantitative estimate of drug-likeness (QED) is 0.725. The van der Waals surface area contributed by atoms with E-state index in [1.807, 2.05) is 30.3 Å². The van der Waals surface area contributed by atoms with Gasteiger partial charge in [0.05, 0.1) is 5.92 Å². The van der Waals surface area contributed by atoms with E-state index in [-0.39, 0.29) is 24.2 Å². The Morgan fingerprint density at radius 1 is 1.10 bits per heavy atom. The van der Waals surface area contributed by atoms with E-state index in [2.05, 4.69) is 32.0 Å². The van der Waals surface area contributed by atoms with Crippen LogP contribution in [0, 0.1) is 5.92 Å². The molecule has 0 spiro atoms. The molecule has 164 valence electrons. The van der Waals surface area contributed by atoms with Crippen molar-refractivity contribution in [3.05, 3.63) is 48.3 Å². The Hall–Kier alpha value is -3.00. The SMILES string of the molecule is CCc1ccc(N2CC(C(=O)NCCN3CCN(c4ncccn4)CC3)CC2=O)cc1. The van der Waals surface area contributed by atoms with Gasteiger partial charge in [0, 0.05) is 70.3 Å². The zero-order valence-corrected chi connectivity index (χ0v) is 18.0. The summed E-state index contributed by atoms with van der Waals surface area (Å²) < 4.78 is 0. The number of aromatic nitrogens is 2. The molecule has 8 nitrogen and oxygen atoms in total. The zero-order valence-electron chi connectivity index (χ0n) is 18.0. The number of piperazine rings is 1. The van der Waals surface area contributed by atoms with Crippen LogP contribution in [0.2, 0.25) is 0 Å². The van der Waals surface area contributed by atoms with Gasteiger partial charge in [0.25, 0.3) is 0 Å². The van der Waals surface area contributed by atoms with Crippen LogP contribution in [0.25, 0.3) is 0 Å². The van der Waals surface area contributed by atoms with Crippen LogP contribution < -0.4 is 15.1 Å². The van der Waals surface area contributed by atoms with E-state index in [9.17, 15) is 9.59 Å². The van der Waals surface area contributed by atoms with E-state index in [4.69, 9.17) is 0 Å². The maximum absolute atomic E-state index is 12.6. The number of carbonyl (C=O) groups is 2. The van der Waals surface area contributed by atoms with Crippen LogP contribution in [0.3, 0.4) is 0 Å². The highest BCUT2D eigenvalue weighted by atomic mass is 16.2. The molecule has 1 atom stereocenters. The second-order valence-corrected chi connectivity index (χ2v) is 8.09. The number of nitrogens with one attached hydrogen (secondary N) is 1. The predicted octanol–water partition coefficient (Wildman–Crippen LogP) is 1.33. The number of aryl methyl sites for hydroxylation is 1. The van der Waals surface area contributed by atoms with Crippen molar-refractivity contribution in [3.8, 4) is 0 Å². The first-order valence-corrected chi connectivity index (χ1v) is 11.1. The fourth-order valence-electron chi connectivity index (χ4n) is 4.15. The summed E-state index contributed by atoms with van der Waals surface area (Å²) in [5, 5.41) is 3.03. The maximum atomic E-state index is 12.6. The molecule has 0 saturated carbocycles. The second-order valence-electron chi connectivity index (χ2n) is 8.09. The minimum Gasteiger partial charge on any atom is -0.355 e. The van der Waals surface area contributed by atoms with Crippen LogP contribution in [0.4, 0.5) is 11.6 Å². The minimum atomic E-state index is -0.287. The monoisotopic (exact) mass is 422 g/mol. The lowest BCUT2D eigenvalue weighted by Gasteiger charge is -2.34. The molecule has 2 saturated heterocycles. The number of rotatable bonds is 7. The molecule has 1 unspecified atom stereocenters. The molecule has 3 heterocycles. The molecule has 2 aromatic rings. The minimum absolute atomic E-state index is 0.0173. The molecule has 2 fully saturated rings. The molecule has 2 aliphatic rings. The number of hydrogen-bond donors (Lipinski definition) is 1. The van der Waals surface area contributed by atoms with Crippen molar-refractivity contribution in [2.45, 2.75) is 19.8 Å². The van der Waals surface area contributed by atoms with E-state index in [0.29, 0.717) is 13.1 Å². The standard InChI is InChI=1S/C23H30N6O2/c1-2-18-4-6-20(7-5-18)29-17-19(16-21(29)30)22(31)24-10-11-27-12-14-28(15-13-27)23-25-8-3-9-26-23/h3-9,19H,2,10-17H2,1H3,(H,24,31). The average Bonchev–Trinajstić information content (AvgIpc) is 3.22. The van der Waals surface area contributed by atoms with Crippen molar-refractivity contribution in [2.75, 3.05) is 55.6 Å². The molecular weight excluding hydrogens is 392 g/mol. The van der Waals surface area contributed by atoms with Crippen LogP contribution >= 0.6 is 0 Å². The Morgan fingerprint density at radius 2 is 1.81 bits per heavy atom. The first-order valence-electron chi connectivity index (χ1n) is 11.1. The van der Waals surface area contributed by atoms with E-state index in [1.165, 1.54) is 5.56 Å². The first kappa shape index (κ1) is 21.2. The summed E-state index contributed by atoms with van der Waals surface area (Å²) in [7, 11) is 0. The van der Waals surface area contributed by atoms with Crippen LogP contribution in [-0.4, -0.2) is 72.5 Å². The van der Waals surface area contributed by atoms with Crippen LogP contribution in [0.15, 0.2) is 42.7 Å². The van der Waals surface area contributed by atoms with Gasteiger partial charge in [-0.05, 0) is 30.2 Å². The van der Waals surface area contributed by atoms with Crippen molar-refractivity contribution >= 4 is 23.5 Å². The summed E-state index contributed by atoms with van der Waals surface area (Å²) in [6.07, 6.45) is 4.77. The lowest BCUT2D eigenvalue weighted by Crippen LogP contribution is -2.49. The molecule has 0 radical (unpaired) electrons. The summed E-state index contributed by atoms with van der Waals surface area (Å²) in [6.45, 7) is 7.53. The molecule has 4 rings (SSSR count). The van der Waals surface area contributed by atoms with Crippen molar-refractivity contribution in [3.63, 3.8) is 0 Å². The Kier molecular flexibility index (Phi) is 6.76. The number of amides is 2. The van der Waals surface area contributed by atoms with Gasteiger partial charge in [-0.15, -0.1) is 0 Å². The highest BCUT2D eigenvalue weighted by molar-refractivity contribution is 6.00. The highest BCUT2D eigenvalue weighted by Gasteiger charge is 2.35. The summed E-state index contributed by atoms with van der Waals surface area (Å²) in [5.41, 5.74) is 2.11. The van der Waals surface area contributed by atoms with E-state index < -0.39 is 0 Å². The maximum Gasteiger partial charge on any atom is 0.227 e. The number of carbonyl (C=O) groups excluding carboxylic acids is 2. The summed E-state index contributed by atoms with van der Waals surface area (Å²) in [5.74, 6) is 0.474. The van der Waals surface area contributed by atoms with Gasteiger partial charge < -0.3 is 15.1 Å². The number of anilines is 2. The van der Waals surface area contributed by atoms with Crippen molar-refractivity contribution < 1.29 is 9.59 Å². The van der Waals surface area contributed by atoms with Crippen LogP contribution in [0.5, 0.6) is 0 Å². The van der Waals surface area contributed by atoms with Gasteiger partial charge in [-0.25, -0.2) is 9.97 Å². The molecule has 8 heteroatoms. The third kappa shape index (κ3) is 5.19. The van der Waals surface area contributed by atoms with Crippen molar-refractivity contribution in [2.24, 2.45) is 5.92 Å². The summed E-state index contributed by atoms with van der Waals surface area (Å²) in [4.78, 5) is 39.9. The molecule has 1 aromatic heterocycles. The second kappa shape index (κ2) is 9.87. The molecule has 2 aliphatic heterocycles. The number of benzene rings is 1. The van der Waals surface area contributed by atoms with E-state index in [0.717, 1.165) is 50.8 Å². The molecule has 0 bridgehead atoms. The number of hydrogen-bond acceptors (Lipinski definition) is 6. The Balaban J connectivity index is 1.19. The van der Waals surface area contributed by atoms with Crippen molar-refractivity contribution in [1.29, 1.82) is 0 Å². The van der Waals surface area contributed by atoms with Gasteiger partial charge in [0.15, 0.2) is 0 Å². The topological polar surface area (TPSA) is 81.7 Å².